The minimum Gasteiger partial charge on any atom is -0.870 e. The number of halogens is 1. The van der Waals surface area contributed by atoms with Gasteiger partial charge in [-0.3, -0.25) is 0 Å². The quantitative estimate of drug-likeness (QED) is 0.541. The van der Waals surface area contributed by atoms with Gasteiger partial charge in [0.25, 0.3) is 0 Å². The van der Waals surface area contributed by atoms with Gasteiger partial charge in [0.2, 0.25) is 0 Å². The monoisotopic (exact) mass is 366 g/mol. The van der Waals surface area contributed by atoms with Crippen LogP contribution in [0.1, 0.15) is 33.3 Å². The molecule has 0 aliphatic carbocycles. The third kappa shape index (κ3) is 4.94. The first-order valence-corrected chi connectivity index (χ1v) is 7.46. The van der Waals surface area contributed by atoms with Crippen LogP contribution in [0.5, 0.6) is 5.75 Å². The van der Waals surface area contributed by atoms with Gasteiger partial charge in [0.1, 0.15) is 0 Å². The normalized spacial score (nSPS) is 18.1. The fourth-order valence-electron chi connectivity index (χ4n) is 2.09. The summed E-state index contributed by atoms with van der Waals surface area (Å²) in [4.78, 5) is 0. The third-order valence-electron chi connectivity index (χ3n) is 4.19. The summed E-state index contributed by atoms with van der Waals surface area (Å²) in [5.74, 6) is 0.514. The van der Waals surface area contributed by atoms with E-state index in [0.717, 1.165) is 11.0 Å². The van der Waals surface area contributed by atoms with E-state index in [1.165, 1.54) is 0 Å². The molecule has 0 aromatic heterocycles. The van der Waals surface area contributed by atoms with Crippen molar-refractivity contribution >= 4 is 24.2 Å². The van der Waals surface area contributed by atoms with E-state index < -0.39 is 7.12 Å². The van der Waals surface area contributed by atoms with Crippen molar-refractivity contribution in [3.05, 3.63) is 22.7 Å². The van der Waals surface area contributed by atoms with Crippen LogP contribution in [0.15, 0.2) is 6.07 Å². The molecule has 5 nitrogen and oxygen atoms in total. The van der Waals surface area contributed by atoms with E-state index in [4.69, 9.17) is 31.4 Å². The molecule has 0 saturated carbocycles. The number of ether oxygens (including phenoxy) is 1. The molecule has 0 atom stereocenters. The molecule has 8 heteroatoms. The first-order chi connectivity index (χ1) is 9.69. The Morgan fingerprint density at radius 2 is 1.78 bits per heavy atom. The van der Waals surface area contributed by atoms with Crippen LogP contribution in [0, 0.1) is 13.0 Å². The SMILES string of the molecule is Cc1c(B2OC(C)(C)C(C)(C)O2)c[c-]c(OCCN)c1Cl.[K+].[OH-]. The molecule has 1 fully saturated rings. The maximum atomic E-state index is 6.35. The molecule has 124 valence electrons. The fraction of sp³-hybridized carbons (Fsp3) is 0.600. The second-order valence-corrected chi connectivity index (χ2v) is 6.62. The summed E-state index contributed by atoms with van der Waals surface area (Å²) in [6.07, 6.45) is 0. The van der Waals surface area contributed by atoms with Crippen molar-refractivity contribution in [3.8, 4) is 5.75 Å². The van der Waals surface area contributed by atoms with Crippen LogP contribution in [0.4, 0.5) is 0 Å². The molecule has 1 aliphatic heterocycles. The van der Waals surface area contributed by atoms with Crippen molar-refractivity contribution in [2.24, 2.45) is 5.73 Å². The van der Waals surface area contributed by atoms with Crippen molar-refractivity contribution in [2.75, 3.05) is 13.2 Å². The molecular weight excluding hydrogens is 344 g/mol. The van der Waals surface area contributed by atoms with Crippen LogP contribution in [-0.2, 0) is 9.31 Å². The van der Waals surface area contributed by atoms with Crippen LogP contribution in [0.2, 0.25) is 5.02 Å². The zero-order chi connectivity index (χ0) is 15.8. The smallest absolute Gasteiger partial charge is 0.870 e. The molecular formula is C15H23BClKNO4-. The van der Waals surface area contributed by atoms with Gasteiger partial charge < -0.3 is 25.3 Å². The number of benzene rings is 1. The summed E-state index contributed by atoms with van der Waals surface area (Å²) in [5.41, 5.74) is 6.41. The first-order valence-electron chi connectivity index (χ1n) is 7.09. The maximum Gasteiger partial charge on any atom is 1.00 e. The zero-order valence-electron chi connectivity index (χ0n) is 14.7. The summed E-state index contributed by atoms with van der Waals surface area (Å²) in [5, 5.41) is 0.524. The molecule has 0 amide bonds. The summed E-state index contributed by atoms with van der Waals surface area (Å²) >= 11 is 6.35. The minimum absolute atomic E-state index is 0. The standard InChI is InChI=1S/C15H22BClNO3.K.H2O/c1-10-11(6-7-12(13(10)17)19-9-8-18)16-20-14(2,3)15(4,5)21-16;;/h6H,8-9,18H2,1-5H3;;1H2/q-1;+1;/p-1. The van der Waals surface area contributed by atoms with E-state index in [2.05, 4.69) is 6.07 Å². The Kier molecular flexibility index (Phi) is 9.32. The van der Waals surface area contributed by atoms with Crippen molar-refractivity contribution in [2.45, 2.75) is 45.8 Å². The Balaban J connectivity index is 0.00000242. The van der Waals surface area contributed by atoms with Gasteiger partial charge >= 0.3 is 58.5 Å². The zero-order valence-corrected chi connectivity index (χ0v) is 18.6. The van der Waals surface area contributed by atoms with Gasteiger partial charge in [0, 0.05) is 12.3 Å². The van der Waals surface area contributed by atoms with Crippen LogP contribution in [0.3, 0.4) is 0 Å². The summed E-state index contributed by atoms with van der Waals surface area (Å²) in [7, 11) is -0.452. The van der Waals surface area contributed by atoms with Gasteiger partial charge in [-0.15, -0.1) is 17.1 Å². The predicted octanol–water partition coefficient (Wildman–Crippen LogP) is -1.09. The molecule has 1 aromatic carbocycles. The molecule has 1 heterocycles. The molecule has 1 saturated heterocycles. The second-order valence-electron chi connectivity index (χ2n) is 6.24. The fourth-order valence-corrected chi connectivity index (χ4v) is 2.31. The van der Waals surface area contributed by atoms with E-state index in [1.807, 2.05) is 40.7 Å². The molecule has 0 unspecified atom stereocenters. The van der Waals surface area contributed by atoms with Crippen LogP contribution in [0.25, 0.3) is 0 Å². The van der Waals surface area contributed by atoms with Gasteiger partial charge in [0.15, 0.2) is 0 Å². The number of hydrogen-bond donors (Lipinski definition) is 1. The van der Waals surface area contributed by atoms with Crippen LogP contribution < -0.4 is 67.3 Å². The largest absolute Gasteiger partial charge is 1.00 e. The van der Waals surface area contributed by atoms with Crippen LogP contribution in [-0.4, -0.2) is 36.9 Å². The molecule has 0 radical (unpaired) electrons. The molecule has 1 aromatic rings. The van der Waals surface area contributed by atoms with E-state index in [9.17, 15) is 0 Å². The van der Waals surface area contributed by atoms with Crippen molar-refractivity contribution in [3.63, 3.8) is 0 Å². The van der Waals surface area contributed by atoms with E-state index in [1.54, 1.807) is 0 Å². The van der Waals surface area contributed by atoms with Gasteiger partial charge in [-0.1, -0.05) is 6.92 Å². The average molecular weight is 367 g/mol. The second kappa shape index (κ2) is 8.98. The number of nitrogens with two attached hydrogens (primary N) is 1. The van der Waals surface area contributed by atoms with E-state index in [-0.39, 0.29) is 68.1 Å². The Hall–Kier alpha value is 0.851. The van der Waals surface area contributed by atoms with E-state index in [0.29, 0.717) is 23.9 Å². The van der Waals surface area contributed by atoms with Crippen molar-refractivity contribution in [1.29, 1.82) is 0 Å². The minimum atomic E-state index is -0.452. The molecule has 3 N–H and O–H groups in total. The summed E-state index contributed by atoms with van der Waals surface area (Å²) < 4.78 is 17.6. The molecule has 23 heavy (non-hydrogen) atoms. The van der Waals surface area contributed by atoms with Gasteiger partial charge in [-0.2, -0.15) is 17.7 Å². The summed E-state index contributed by atoms with van der Waals surface area (Å²) in [6, 6.07) is 4.86. The molecule has 2 rings (SSSR count). The van der Waals surface area contributed by atoms with Crippen molar-refractivity contribution < 1.29 is 70.9 Å². The predicted molar refractivity (Wildman–Crippen MR) is 87.2 cm³/mol. The Labute approximate surface area is 186 Å². The average Bonchev–Trinajstić information content (AvgIpc) is 2.60. The Morgan fingerprint density at radius 1 is 1.26 bits per heavy atom. The molecule has 0 bridgehead atoms. The first kappa shape index (κ1) is 23.9. The molecule has 0 spiro atoms. The summed E-state index contributed by atoms with van der Waals surface area (Å²) in [6.45, 7) is 10.8. The number of rotatable bonds is 4. The van der Waals surface area contributed by atoms with Crippen molar-refractivity contribution in [1.82, 2.24) is 0 Å². The van der Waals surface area contributed by atoms with Gasteiger partial charge in [0.05, 0.1) is 17.8 Å². The third-order valence-corrected chi connectivity index (χ3v) is 4.65. The van der Waals surface area contributed by atoms with Gasteiger partial charge in [-0.25, -0.2) is 0 Å². The van der Waals surface area contributed by atoms with Gasteiger partial charge in [-0.05, 0) is 32.7 Å². The topological polar surface area (TPSA) is 83.7 Å². The maximum absolute atomic E-state index is 6.35. The number of hydrogen-bond acceptors (Lipinski definition) is 5. The van der Waals surface area contributed by atoms with E-state index >= 15 is 0 Å². The van der Waals surface area contributed by atoms with Crippen LogP contribution >= 0.6 is 11.6 Å². The Morgan fingerprint density at radius 3 is 2.26 bits per heavy atom. The molecule has 1 aliphatic rings. The Bertz CT molecular complexity index is 526.